The first kappa shape index (κ1) is 19.9. The molecule has 6 heteroatoms. The average molecular weight is 411 g/mol. The van der Waals surface area contributed by atoms with Gasteiger partial charge in [-0.05, 0) is 47.7 Å². The van der Waals surface area contributed by atoms with Crippen LogP contribution in [0.5, 0.6) is 0 Å². The summed E-state index contributed by atoms with van der Waals surface area (Å²) in [6, 6.07) is 15.0. The molecule has 0 saturated carbocycles. The Hall–Kier alpha value is -2.44. The molecule has 1 fully saturated rings. The van der Waals surface area contributed by atoms with Crippen molar-refractivity contribution in [2.24, 2.45) is 0 Å². The van der Waals surface area contributed by atoms with Crippen molar-refractivity contribution in [2.75, 3.05) is 13.1 Å². The van der Waals surface area contributed by atoms with Crippen LogP contribution in [0.4, 0.5) is 0 Å². The van der Waals surface area contributed by atoms with E-state index in [2.05, 4.69) is 5.32 Å². The van der Waals surface area contributed by atoms with Crippen molar-refractivity contribution in [1.82, 2.24) is 9.62 Å². The second-order valence-electron chi connectivity index (χ2n) is 7.69. The molecule has 0 aromatic heterocycles. The fourth-order valence-corrected chi connectivity index (χ4v) is 5.49. The van der Waals surface area contributed by atoms with Gasteiger partial charge in [-0.2, -0.15) is 4.31 Å². The standard InChI is InChI=1S/C23H26N2O3S/c26-23(24-17-18-8-4-3-5-9-18)21-14-19-10-11-22(16-20(19)15-21)29(27,28)25-12-6-1-2-7-13-25/h3-5,8-11,15-16H,1-2,6-7,12-14,17H2,(H,24,26). The SMILES string of the molecule is O=C(NCc1ccccc1)C1=Cc2cc(S(=O)(=O)N3CCCCCC3)ccc2C1. The van der Waals surface area contributed by atoms with Gasteiger partial charge in [0.25, 0.3) is 0 Å². The highest BCUT2D eigenvalue weighted by atomic mass is 32.2. The molecular formula is C23H26N2O3S. The van der Waals surface area contributed by atoms with Crippen LogP contribution < -0.4 is 5.32 Å². The van der Waals surface area contributed by atoms with Gasteiger partial charge < -0.3 is 5.32 Å². The van der Waals surface area contributed by atoms with Crippen molar-refractivity contribution in [3.63, 3.8) is 0 Å². The first-order valence-electron chi connectivity index (χ1n) is 10.2. The number of hydrogen-bond donors (Lipinski definition) is 1. The van der Waals surface area contributed by atoms with Crippen LogP contribution >= 0.6 is 0 Å². The van der Waals surface area contributed by atoms with E-state index in [4.69, 9.17) is 0 Å². The van der Waals surface area contributed by atoms with Crippen molar-refractivity contribution in [1.29, 1.82) is 0 Å². The molecular weight excluding hydrogens is 384 g/mol. The average Bonchev–Trinajstić information content (AvgIpc) is 2.97. The van der Waals surface area contributed by atoms with Crippen molar-refractivity contribution in [3.8, 4) is 0 Å². The number of benzene rings is 2. The molecule has 2 aromatic rings. The number of carbonyl (C=O) groups is 1. The highest BCUT2D eigenvalue weighted by Crippen LogP contribution is 2.29. The molecule has 0 radical (unpaired) electrons. The van der Waals surface area contributed by atoms with E-state index in [0.29, 0.717) is 36.5 Å². The maximum Gasteiger partial charge on any atom is 0.247 e. The molecule has 1 amide bonds. The summed E-state index contributed by atoms with van der Waals surface area (Å²) in [5.41, 5.74) is 3.53. The third-order valence-corrected chi connectivity index (χ3v) is 7.51. The minimum atomic E-state index is -3.49. The monoisotopic (exact) mass is 410 g/mol. The third-order valence-electron chi connectivity index (χ3n) is 5.62. The molecule has 2 aliphatic rings. The molecule has 29 heavy (non-hydrogen) atoms. The van der Waals surface area contributed by atoms with Gasteiger partial charge in [-0.15, -0.1) is 0 Å². The number of rotatable bonds is 5. The second-order valence-corrected chi connectivity index (χ2v) is 9.63. The first-order valence-corrected chi connectivity index (χ1v) is 11.6. The van der Waals surface area contributed by atoms with E-state index in [1.54, 1.807) is 16.4 Å². The van der Waals surface area contributed by atoms with E-state index in [9.17, 15) is 13.2 Å². The number of fused-ring (bicyclic) bond motifs is 1. The lowest BCUT2D eigenvalue weighted by atomic mass is 10.1. The Labute approximate surface area is 172 Å². The molecule has 1 heterocycles. The molecule has 0 atom stereocenters. The molecule has 0 unspecified atom stereocenters. The predicted molar refractivity (Wildman–Crippen MR) is 114 cm³/mol. The summed E-state index contributed by atoms with van der Waals surface area (Å²) >= 11 is 0. The van der Waals surface area contributed by atoms with Crippen LogP contribution in [0, 0.1) is 0 Å². The second kappa shape index (κ2) is 8.51. The largest absolute Gasteiger partial charge is 0.348 e. The number of nitrogens with one attached hydrogen (secondary N) is 1. The van der Waals surface area contributed by atoms with Gasteiger partial charge in [0.2, 0.25) is 15.9 Å². The van der Waals surface area contributed by atoms with E-state index in [-0.39, 0.29) is 5.91 Å². The van der Waals surface area contributed by atoms with Crippen molar-refractivity contribution in [3.05, 3.63) is 70.8 Å². The highest BCUT2D eigenvalue weighted by Gasteiger charge is 2.27. The molecule has 2 aromatic carbocycles. The van der Waals surface area contributed by atoms with Gasteiger partial charge in [0.05, 0.1) is 4.90 Å². The Balaban J connectivity index is 1.48. The summed E-state index contributed by atoms with van der Waals surface area (Å²) in [6.45, 7) is 1.65. The molecule has 4 rings (SSSR count). The summed E-state index contributed by atoms with van der Waals surface area (Å²) in [5.74, 6) is -0.109. The van der Waals surface area contributed by atoms with Crippen LogP contribution in [0.2, 0.25) is 0 Å². The Bertz CT molecular complexity index is 1020. The van der Waals surface area contributed by atoms with Gasteiger partial charge >= 0.3 is 0 Å². The number of hydrogen-bond acceptors (Lipinski definition) is 3. The molecule has 0 bridgehead atoms. The zero-order valence-corrected chi connectivity index (χ0v) is 17.2. The third kappa shape index (κ3) is 4.43. The summed E-state index contributed by atoms with van der Waals surface area (Å²) in [6.07, 6.45) is 6.34. The van der Waals surface area contributed by atoms with Crippen molar-refractivity contribution < 1.29 is 13.2 Å². The van der Waals surface area contributed by atoms with Gasteiger partial charge in [-0.3, -0.25) is 4.79 Å². The number of carbonyl (C=O) groups excluding carboxylic acids is 1. The Morgan fingerprint density at radius 2 is 1.69 bits per heavy atom. The zero-order valence-electron chi connectivity index (χ0n) is 16.4. The Morgan fingerprint density at radius 3 is 2.41 bits per heavy atom. The van der Waals surface area contributed by atoms with Crippen LogP contribution in [-0.2, 0) is 27.8 Å². The maximum atomic E-state index is 13.0. The predicted octanol–water partition coefficient (Wildman–Crippen LogP) is 3.51. The summed E-state index contributed by atoms with van der Waals surface area (Å²) in [7, 11) is -3.49. The number of amides is 1. The smallest absolute Gasteiger partial charge is 0.247 e. The fraction of sp³-hybridized carbons (Fsp3) is 0.348. The van der Waals surface area contributed by atoms with E-state index >= 15 is 0 Å². The molecule has 0 spiro atoms. The van der Waals surface area contributed by atoms with Crippen molar-refractivity contribution in [2.45, 2.75) is 43.5 Å². The van der Waals surface area contributed by atoms with Gasteiger partial charge in [-0.25, -0.2) is 8.42 Å². The van der Waals surface area contributed by atoms with E-state index in [0.717, 1.165) is 42.4 Å². The molecule has 5 nitrogen and oxygen atoms in total. The Kier molecular flexibility index (Phi) is 5.83. The maximum absolute atomic E-state index is 13.0. The molecule has 1 aliphatic carbocycles. The highest BCUT2D eigenvalue weighted by molar-refractivity contribution is 7.89. The van der Waals surface area contributed by atoms with Gasteiger partial charge in [-0.1, -0.05) is 49.2 Å². The quantitative estimate of drug-likeness (QED) is 0.820. The fourth-order valence-electron chi connectivity index (χ4n) is 3.94. The summed E-state index contributed by atoms with van der Waals surface area (Å²) in [5, 5.41) is 2.95. The lowest BCUT2D eigenvalue weighted by Gasteiger charge is -2.20. The van der Waals surface area contributed by atoms with Gasteiger partial charge in [0.1, 0.15) is 0 Å². The normalized spacial score (nSPS) is 17.3. The van der Waals surface area contributed by atoms with Gasteiger partial charge in [0, 0.05) is 31.6 Å². The Morgan fingerprint density at radius 1 is 0.966 bits per heavy atom. The minimum Gasteiger partial charge on any atom is -0.348 e. The van der Waals surface area contributed by atoms with Crippen LogP contribution in [0.15, 0.2) is 59.0 Å². The summed E-state index contributed by atoms with van der Waals surface area (Å²) in [4.78, 5) is 12.9. The molecule has 1 saturated heterocycles. The van der Waals surface area contributed by atoms with Gasteiger partial charge in [0.15, 0.2) is 0 Å². The molecule has 152 valence electrons. The lowest BCUT2D eigenvalue weighted by Crippen LogP contribution is -2.31. The minimum absolute atomic E-state index is 0.109. The van der Waals surface area contributed by atoms with Crippen LogP contribution in [0.1, 0.15) is 42.4 Å². The van der Waals surface area contributed by atoms with Crippen molar-refractivity contribution >= 4 is 22.0 Å². The molecule has 1 aliphatic heterocycles. The molecule has 1 N–H and O–H groups in total. The number of nitrogens with zero attached hydrogens (tertiary/aromatic N) is 1. The van der Waals surface area contributed by atoms with Crippen LogP contribution in [-0.4, -0.2) is 31.7 Å². The zero-order chi connectivity index (χ0) is 20.3. The van der Waals surface area contributed by atoms with Crippen LogP contribution in [0.25, 0.3) is 6.08 Å². The number of sulfonamides is 1. The topological polar surface area (TPSA) is 66.5 Å². The van der Waals surface area contributed by atoms with E-state index in [1.807, 2.05) is 42.5 Å². The van der Waals surface area contributed by atoms with E-state index < -0.39 is 10.0 Å². The first-order chi connectivity index (χ1) is 14.0. The lowest BCUT2D eigenvalue weighted by molar-refractivity contribution is -0.117. The van der Waals surface area contributed by atoms with Crippen LogP contribution in [0.3, 0.4) is 0 Å². The summed E-state index contributed by atoms with van der Waals surface area (Å²) < 4.78 is 27.7. The van der Waals surface area contributed by atoms with E-state index in [1.165, 1.54) is 0 Å².